The van der Waals surface area contributed by atoms with Crippen molar-refractivity contribution in [3.63, 3.8) is 0 Å². The summed E-state index contributed by atoms with van der Waals surface area (Å²) in [4.78, 5) is 24.2. The van der Waals surface area contributed by atoms with Crippen molar-refractivity contribution in [1.29, 1.82) is 0 Å². The van der Waals surface area contributed by atoms with Crippen LogP contribution in [0.5, 0.6) is 0 Å². The molecule has 0 bridgehead atoms. The summed E-state index contributed by atoms with van der Waals surface area (Å²) in [6.07, 6.45) is 5.41. The zero-order valence-electron chi connectivity index (χ0n) is 15.2. The molecule has 3 N–H and O–H groups in total. The molecule has 0 unspecified atom stereocenters. The maximum Gasteiger partial charge on any atom is 0.313 e. The topological polar surface area (TPSA) is 78.4 Å². The number of hydrogen-bond acceptors (Lipinski definition) is 3. The fraction of sp³-hybridized carbons (Fsp3) is 0.579. The summed E-state index contributed by atoms with van der Waals surface area (Å²) in [5.41, 5.74) is 1.64. The quantitative estimate of drug-likeness (QED) is 0.728. The third-order valence-electron chi connectivity index (χ3n) is 4.13. The number of para-hydroxylation sites is 1. The van der Waals surface area contributed by atoms with Gasteiger partial charge in [-0.1, -0.05) is 58.2 Å². The predicted molar refractivity (Wildman–Crippen MR) is 96.9 cm³/mol. The summed E-state index contributed by atoms with van der Waals surface area (Å²) < 4.78 is 0. The van der Waals surface area contributed by atoms with Gasteiger partial charge in [0, 0.05) is 18.8 Å². The van der Waals surface area contributed by atoms with Crippen molar-refractivity contribution in [3.05, 3.63) is 29.8 Å². The minimum Gasteiger partial charge on any atom is -0.400 e. The van der Waals surface area contributed by atoms with E-state index in [1.54, 1.807) is 0 Å². The highest BCUT2D eigenvalue weighted by atomic mass is 16.2. The Morgan fingerprint density at radius 2 is 1.58 bits per heavy atom. The molecule has 1 aliphatic rings. The molecule has 5 nitrogen and oxygen atoms in total. The van der Waals surface area contributed by atoms with Crippen molar-refractivity contribution < 1.29 is 14.7 Å². The Morgan fingerprint density at radius 3 is 2.17 bits per heavy atom. The molecular weight excluding hydrogens is 304 g/mol. The number of carbonyl (C=O) groups is 2. The molecule has 0 atom stereocenters. The highest BCUT2D eigenvalue weighted by Crippen LogP contribution is 2.29. The van der Waals surface area contributed by atoms with Crippen molar-refractivity contribution in [2.45, 2.75) is 64.3 Å². The van der Waals surface area contributed by atoms with Crippen LogP contribution in [0.3, 0.4) is 0 Å². The van der Waals surface area contributed by atoms with Crippen molar-refractivity contribution in [1.82, 2.24) is 5.32 Å². The Bertz CT molecular complexity index is 544. The second kappa shape index (κ2) is 9.42. The molecule has 0 aliphatic heterocycles. The molecule has 1 fully saturated rings. The van der Waals surface area contributed by atoms with Crippen molar-refractivity contribution in [2.75, 3.05) is 12.4 Å². The van der Waals surface area contributed by atoms with E-state index in [1.165, 1.54) is 6.42 Å². The van der Waals surface area contributed by atoms with E-state index in [0.717, 1.165) is 38.4 Å². The third-order valence-corrected chi connectivity index (χ3v) is 4.13. The van der Waals surface area contributed by atoms with Crippen molar-refractivity contribution in [3.8, 4) is 0 Å². The first kappa shape index (κ1) is 20.2. The summed E-state index contributed by atoms with van der Waals surface area (Å²) in [5.74, 6) is -1.11. The fourth-order valence-corrected chi connectivity index (χ4v) is 2.92. The van der Waals surface area contributed by atoms with Gasteiger partial charge in [-0.2, -0.15) is 0 Å². The Morgan fingerprint density at radius 1 is 1.00 bits per heavy atom. The highest BCUT2D eigenvalue weighted by molar-refractivity contribution is 6.39. The first-order chi connectivity index (χ1) is 11.4. The Balaban J connectivity index is 0.00000139. The lowest BCUT2D eigenvalue weighted by Gasteiger charge is -2.24. The summed E-state index contributed by atoms with van der Waals surface area (Å²) >= 11 is 0. The van der Waals surface area contributed by atoms with Gasteiger partial charge in [0.2, 0.25) is 0 Å². The molecule has 0 saturated heterocycles. The van der Waals surface area contributed by atoms with E-state index in [1.807, 2.05) is 24.3 Å². The van der Waals surface area contributed by atoms with Crippen LogP contribution >= 0.6 is 0 Å². The van der Waals surface area contributed by atoms with Gasteiger partial charge in [0.05, 0.1) is 0 Å². The van der Waals surface area contributed by atoms with Gasteiger partial charge in [0.1, 0.15) is 0 Å². The average molecular weight is 334 g/mol. The molecule has 1 aromatic rings. The summed E-state index contributed by atoms with van der Waals surface area (Å²) in [7, 11) is 1.00. The van der Waals surface area contributed by atoms with Crippen molar-refractivity contribution >= 4 is 17.5 Å². The number of benzene rings is 1. The van der Waals surface area contributed by atoms with Gasteiger partial charge in [0.25, 0.3) is 0 Å². The first-order valence-electron chi connectivity index (χ1n) is 8.54. The number of carbonyl (C=O) groups excluding carboxylic acids is 2. The maximum absolute atomic E-state index is 12.1. The zero-order chi connectivity index (χ0) is 18.2. The molecule has 5 heteroatoms. The van der Waals surface area contributed by atoms with Crippen LogP contribution in [0.25, 0.3) is 0 Å². The Hall–Kier alpha value is -1.88. The Labute approximate surface area is 144 Å². The van der Waals surface area contributed by atoms with E-state index >= 15 is 0 Å². The lowest BCUT2D eigenvalue weighted by Crippen LogP contribution is -2.42. The molecule has 1 saturated carbocycles. The predicted octanol–water partition coefficient (Wildman–Crippen LogP) is 2.98. The summed E-state index contributed by atoms with van der Waals surface area (Å²) in [6, 6.07) is 7.77. The van der Waals surface area contributed by atoms with Gasteiger partial charge in [0.15, 0.2) is 0 Å². The van der Waals surface area contributed by atoms with E-state index < -0.39 is 11.8 Å². The fourth-order valence-electron chi connectivity index (χ4n) is 2.92. The van der Waals surface area contributed by atoms with E-state index in [0.29, 0.717) is 5.69 Å². The number of amides is 2. The normalized spacial score (nSPS) is 15.0. The smallest absolute Gasteiger partial charge is 0.313 e. The van der Waals surface area contributed by atoms with Gasteiger partial charge < -0.3 is 15.7 Å². The molecule has 1 aromatic carbocycles. The SMILES string of the molecule is CC(C)(C)c1ccccc1NC(=O)C(=O)NC1CCCCC1.CO. The molecule has 0 radical (unpaired) electrons. The molecule has 2 rings (SSSR count). The maximum atomic E-state index is 12.1. The van der Waals surface area contributed by atoms with Gasteiger partial charge >= 0.3 is 11.8 Å². The van der Waals surface area contributed by atoms with Crippen molar-refractivity contribution in [2.24, 2.45) is 0 Å². The van der Waals surface area contributed by atoms with Gasteiger partial charge in [-0.25, -0.2) is 0 Å². The molecule has 134 valence electrons. The molecule has 24 heavy (non-hydrogen) atoms. The lowest BCUT2D eigenvalue weighted by molar-refractivity contribution is -0.136. The molecule has 0 heterocycles. The summed E-state index contributed by atoms with van der Waals surface area (Å²) in [5, 5.41) is 12.6. The van der Waals surface area contributed by atoms with E-state index in [2.05, 4.69) is 31.4 Å². The van der Waals surface area contributed by atoms with Crippen LogP contribution in [0.4, 0.5) is 5.69 Å². The standard InChI is InChI=1S/C18H26N2O2.CH4O/c1-18(2,3)14-11-7-8-12-15(14)20-17(22)16(21)19-13-9-5-4-6-10-13;1-2/h7-8,11-13H,4-6,9-10H2,1-3H3,(H,19,21)(H,20,22);2H,1H3. The van der Waals surface area contributed by atoms with Crippen LogP contribution in [-0.4, -0.2) is 30.1 Å². The van der Waals surface area contributed by atoms with E-state index in [9.17, 15) is 9.59 Å². The van der Waals surface area contributed by atoms with E-state index in [4.69, 9.17) is 5.11 Å². The van der Waals surface area contributed by atoms with Gasteiger partial charge in [-0.3, -0.25) is 9.59 Å². The second-order valence-electron chi connectivity index (χ2n) is 7.06. The van der Waals surface area contributed by atoms with Crippen LogP contribution in [0, 0.1) is 0 Å². The number of aliphatic hydroxyl groups excluding tert-OH is 1. The minimum atomic E-state index is -0.581. The highest BCUT2D eigenvalue weighted by Gasteiger charge is 2.23. The molecule has 2 amide bonds. The number of anilines is 1. The minimum absolute atomic E-state index is 0.0935. The Kier molecular flexibility index (Phi) is 7.92. The number of nitrogens with one attached hydrogen (secondary N) is 2. The molecule has 0 aromatic heterocycles. The van der Waals surface area contributed by atoms with Gasteiger partial charge in [-0.15, -0.1) is 0 Å². The first-order valence-corrected chi connectivity index (χ1v) is 8.54. The molecule has 0 spiro atoms. The van der Waals surface area contributed by atoms with Crippen LogP contribution in [0.1, 0.15) is 58.4 Å². The van der Waals surface area contributed by atoms with Gasteiger partial charge in [-0.05, 0) is 29.9 Å². The number of aliphatic hydroxyl groups is 1. The average Bonchev–Trinajstić information content (AvgIpc) is 2.57. The van der Waals surface area contributed by atoms with E-state index in [-0.39, 0.29) is 11.5 Å². The van der Waals surface area contributed by atoms with Crippen LogP contribution in [0.2, 0.25) is 0 Å². The van der Waals surface area contributed by atoms with Crippen LogP contribution in [-0.2, 0) is 15.0 Å². The lowest BCUT2D eigenvalue weighted by atomic mass is 9.86. The largest absolute Gasteiger partial charge is 0.400 e. The zero-order valence-corrected chi connectivity index (χ0v) is 15.2. The third kappa shape index (κ3) is 5.96. The number of hydrogen-bond donors (Lipinski definition) is 3. The molecule has 1 aliphatic carbocycles. The summed E-state index contributed by atoms with van der Waals surface area (Å²) in [6.45, 7) is 6.25. The second-order valence-corrected chi connectivity index (χ2v) is 7.06. The number of rotatable bonds is 2. The van der Waals surface area contributed by atoms with Crippen LogP contribution in [0.15, 0.2) is 24.3 Å². The molecular formula is C19H30N2O3. The monoisotopic (exact) mass is 334 g/mol. The van der Waals surface area contributed by atoms with Crippen LogP contribution < -0.4 is 10.6 Å².